The molecule has 1 atom stereocenters. The molecule has 1 heterocycles. The summed E-state index contributed by atoms with van der Waals surface area (Å²) in [6, 6.07) is 7.08. The molecule has 0 amide bonds. The fourth-order valence-corrected chi connectivity index (χ4v) is 3.33. The quantitative estimate of drug-likeness (QED) is 0.382. The van der Waals surface area contributed by atoms with E-state index in [1.165, 1.54) is 12.8 Å². The van der Waals surface area contributed by atoms with Gasteiger partial charge in [-0.15, -0.1) is 0 Å². The van der Waals surface area contributed by atoms with E-state index in [4.69, 9.17) is 4.74 Å². The number of piperidine rings is 1. The molecule has 2 aliphatic rings. The van der Waals surface area contributed by atoms with E-state index in [9.17, 15) is 8.78 Å². The Kier molecular flexibility index (Phi) is 7.71. The van der Waals surface area contributed by atoms with Crippen LogP contribution in [0.1, 0.15) is 25.7 Å². The van der Waals surface area contributed by atoms with Crippen molar-refractivity contribution in [1.29, 1.82) is 0 Å². The number of nitrogens with zero attached hydrogens (tertiary/aromatic N) is 2. The third kappa shape index (κ3) is 6.82. The van der Waals surface area contributed by atoms with E-state index in [1.807, 2.05) is 12.1 Å². The van der Waals surface area contributed by atoms with Gasteiger partial charge in [-0.2, -0.15) is 8.78 Å². The largest absolute Gasteiger partial charge is 0.435 e. The van der Waals surface area contributed by atoms with Crippen LogP contribution in [0.4, 0.5) is 14.5 Å². The van der Waals surface area contributed by atoms with Crippen LogP contribution in [-0.4, -0.2) is 58.5 Å². The number of halogens is 2. The second-order valence-corrected chi connectivity index (χ2v) is 7.32. The van der Waals surface area contributed by atoms with Gasteiger partial charge in [0.25, 0.3) is 0 Å². The number of hydrogen-bond donors (Lipinski definition) is 2. The van der Waals surface area contributed by atoms with E-state index in [0.717, 1.165) is 56.6 Å². The van der Waals surface area contributed by atoms with Gasteiger partial charge < -0.3 is 25.0 Å². The monoisotopic (exact) mass is 396 g/mol. The third-order valence-electron chi connectivity index (χ3n) is 5.00. The predicted molar refractivity (Wildman–Crippen MR) is 106 cm³/mol. The summed E-state index contributed by atoms with van der Waals surface area (Å²) in [5.41, 5.74) is 1.00. The van der Waals surface area contributed by atoms with Gasteiger partial charge in [0.15, 0.2) is 5.96 Å². The van der Waals surface area contributed by atoms with Crippen molar-refractivity contribution in [3.63, 3.8) is 0 Å². The van der Waals surface area contributed by atoms with E-state index in [2.05, 4.69) is 25.3 Å². The van der Waals surface area contributed by atoms with Gasteiger partial charge >= 0.3 is 6.61 Å². The van der Waals surface area contributed by atoms with Crippen LogP contribution in [-0.2, 0) is 4.74 Å². The molecule has 2 N–H and O–H groups in total. The highest BCUT2D eigenvalue weighted by molar-refractivity contribution is 5.80. The highest BCUT2D eigenvalue weighted by atomic mass is 19.3. The minimum atomic E-state index is -2.80. The number of ether oxygens (including phenoxy) is 2. The van der Waals surface area contributed by atoms with Crippen LogP contribution in [0.25, 0.3) is 0 Å². The van der Waals surface area contributed by atoms with Gasteiger partial charge in [-0.25, -0.2) is 0 Å². The average Bonchev–Trinajstić information content (AvgIpc) is 3.51. The summed E-state index contributed by atoms with van der Waals surface area (Å²) in [5.74, 6) is 1.74. The van der Waals surface area contributed by atoms with Gasteiger partial charge in [-0.1, -0.05) is 0 Å². The molecule has 1 unspecified atom stereocenters. The molecule has 1 aliphatic heterocycles. The Morgan fingerprint density at radius 2 is 2.04 bits per heavy atom. The lowest BCUT2D eigenvalue weighted by Crippen LogP contribution is -2.51. The zero-order chi connectivity index (χ0) is 19.8. The average molecular weight is 396 g/mol. The van der Waals surface area contributed by atoms with Crippen LogP contribution in [0, 0.1) is 5.92 Å². The molecule has 1 aromatic carbocycles. The van der Waals surface area contributed by atoms with E-state index in [1.54, 1.807) is 19.2 Å². The van der Waals surface area contributed by atoms with Crippen molar-refractivity contribution < 1.29 is 18.3 Å². The molecule has 1 aliphatic carbocycles. The smallest absolute Gasteiger partial charge is 0.387 e. The Morgan fingerprint density at radius 1 is 1.25 bits per heavy atom. The standard InChI is InChI=1S/C20H30F2N4O2/c1-23-20(24-10-12-27-14-15-4-5-15)25-16-3-2-11-26(13-16)17-6-8-18(9-7-17)28-19(21)22/h6-9,15-16,19H,2-5,10-14H2,1H3,(H2,23,24,25). The van der Waals surface area contributed by atoms with E-state index in [-0.39, 0.29) is 11.8 Å². The summed E-state index contributed by atoms with van der Waals surface area (Å²) < 4.78 is 34.6. The molecular formula is C20H30F2N4O2. The topological polar surface area (TPSA) is 58.1 Å². The van der Waals surface area contributed by atoms with Gasteiger partial charge in [-0.05, 0) is 55.9 Å². The summed E-state index contributed by atoms with van der Waals surface area (Å²) in [6.45, 7) is 1.25. The van der Waals surface area contributed by atoms with E-state index < -0.39 is 6.61 Å². The van der Waals surface area contributed by atoms with Crippen molar-refractivity contribution in [2.24, 2.45) is 10.9 Å². The number of guanidine groups is 1. The Hall–Kier alpha value is -2.09. The van der Waals surface area contributed by atoms with Gasteiger partial charge in [0.1, 0.15) is 5.75 Å². The fraction of sp³-hybridized carbons (Fsp3) is 0.650. The molecule has 8 heteroatoms. The molecule has 1 aromatic rings. The number of rotatable bonds is 9. The molecule has 1 saturated carbocycles. The van der Waals surface area contributed by atoms with Crippen molar-refractivity contribution in [1.82, 2.24) is 10.6 Å². The Morgan fingerprint density at radius 3 is 2.71 bits per heavy atom. The molecule has 0 spiro atoms. The highest BCUT2D eigenvalue weighted by Gasteiger charge is 2.22. The van der Waals surface area contributed by atoms with Crippen molar-refractivity contribution in [2.75, 3.05) is 44.8 Å². The summed E-state index contributed by atoms with van der Waals surface area (Å²) in [5, 5.41) is 6.77. The summed E-state index contributed by atoms with van der Waals surface area (Å²) in [7, 11) is 1.77. The van der Waals surface area contributed by atoms with Crippen LogP contribution in [0.2, 0.25) is 0 Å². The first-order chi connectivity index (χ1) is 13.6. The molecule has 0 aromatic heterocycles. The van der Waals surface area contributed by atoms with Crippen LogP contribution in [0.3, 0.4) is 0 Å². The highest BCUT2D eigenvalue weighted by Crippen LogP contribution is 2.28. The molecule has 0 radical (unpaired) electrons. The summed E-state index contributed by atoms with van der Waals surface area (Å²) in [4.78, 5) is 6.55. The SMILES string of the molecule is CN=C(NCCOCC1CC1)NC1CCCN(c2ccc(OC(F)F)cc2)C1. The second-order valence-electron chi connectivity index (χ2n) is 7.32. The number of nitrogens with one attached hydrogen (secondary N) is 2. The van der Waals surface area contributed by atoms with Gasteiger partial charge in [-0.3, -0.25) is 4.99 Å². The zero-order valence-electron chi connectivity index (χ0n) is 16.4. The summed E-state index contributed by atoms with van der Waals surface area (Å²) >= 11 is 0. The number of anilines is 1. The molecule has 0 bridgehead atoms. The molecule has 1 saturated heterocycles. The minimum absolute atomic E-state index is 0.180. The lowest BCUT2D eigenvalue weighted by molar-refractivity contribution is -0.0498. The van der Waals surface area contributed by atoms with Gasteiger partial charge in [0.05, 0.1) is 6.61 Å². The number of alkyl halides is 2. The Balaban J connectivity index is 1.42. The fourth-order valence-electron chi connectivity index (χ4n) is 3.33. The normalized spacial score (nSPS) is 20.4. The van der Waals surface area contributed by atoms with E-state index in [0.29, 0.717) is 6.61 Å². The van der Waals surface area contributed by atoms with Crippen LogP contribution in [0.15, 0.2) is 29.3 Å². The van der Waals surface area contributed by atoms with Crippen molar-refractivity contribution in [3.8, 4) is 5.75 Å². The first-order valence-electron chi connectivity index (χ1n) is 9.99. The summed E-state index contributed by atoms with van der Waals surface area (Å²) in [6.07, 6.45) is 4.71. The van der Waals surface area contributed by atoms with Crippen LogP contribution in [0.5, 0.6) is 5.75 Å². The van der Waals surface area contributed by atoms with Crippen molar-refractivity contribution in [3.05, 3.63) is 24.3 Å². The Labute approximate surface area is 165 Å². The molecular weight excluding hydrogens is 366 g/mol. The maximum Gasteiger partial charge on any atom is 0.387 e. The number of hydrogen-bond acceptors (Lipinski definition) is 4. The first-order valence-corrected chi connectivity index (χ1v) is 9.99. The molecule has 28 heavy (non-hydrogen) atoms. The first kappa shape index (κ1) is 20.6. The van der Waals surface area contributed by atoms with Gasteiger partial charge in [0.2, 0.25) is 0 Å². The molecule has 156 valence electrons. The lowest BCUT2D eigenvalue weighted by Gasteiger charge is -2.35. The maximum absolute atomic E-state index is 12.3. The predicted octanol–water partition coefficient (Wildman–Crippen LogP) is 2.85. The maximum atomic E-state index is 12.3. The van der Waals surface area contributed by atoms with Crippen molar-refractivity contribution >= 4 is 11.6 Å². The minimum Gasteiger partial charge on any atom is -0.435 e. The molecule has 6 nitrogen and oxygen atoms in total. The lowest BCUT2D eigenvalue weighted by atomic mass is 10.0. The molecule has 2 fully saturated rings. The Bertz CT molecular complexity index is 623. The van der Waals surface area contributed by atoms with Crippen LogP contribution >= 0.6 is 0 Å². The van der Waals surface area contributed by atoms with Crippen molar-refractivity contribution in [2.45, 2.75) is 38.3 Å². The second kappa shape index (κ2) is 10.5. The molecule has 3 rings (SSSR count). The number of aliphatic imine (C=N–C) groups is 1. The van der Waals surface area contributed by atoms with E-state index >= 15 is 0 Å². The number of benzene rings is 1. The van der Waals surface area contributed by atoms with Crippen LogP contribution < -0.4 is 20.3 Å². The third-order valence-corrected chi connectivity index (χ3v) is 5.00. The van der Waals surface area contributed by atoms with Gasteiger partial charge in [0, 0.05) is 45.0 Å². The zero-order valence-corrected chi connectivity index (χ0v) is 16.4.